The number of rotatable bonds is 3. The van der Waals surface area contributed by atoms with Crippen molar-refractivity contribution in [2.75, 3.05) is 0 Å². The van der Waals surface area contributed by atoms with E-state index in [0.717, 1.165) is 4.47 Å². The molecule has 0 bridgehead atoms. The van der Waals surface area contributed by atoms with Crippen molar-refractivity contribution in [1.29, 1.82) is 0 Å². The summed E-state index contributed by atoms with van der Waals surface area (Å²) < 4.78 is 7.71. The highest BCUT2D eigenvalue weighted by molar-refractivity contribution is 9.10. The van der Waals surface area contributed by atoms with E-state index in [1.54, 1.807) is 25.5 Å². The van der Waals surface area contributed by atoms with E-state index in [4.69, 9.17) is 4.74 Å². The normalized spacial score (nSPS) is 12.3. The molecule has 0 radical (unpaired) electrons. The highest BCUT2D eigenvalue weighted by Crippen LogP contribution is 2.18. The molecule has 0 unspecified atom stereocenters. The third-order valence-corrected chi connectivity index (χ3v) is 3.34. The van der Waals surface area contributed by atoms with E-state index < -0.39 is 12.1 Å². The van der Waals surface area contributed by atoms with Crippen LogP contribution in [0.3, 0.4) is 0 Å². The highest BCUT2D eigenvalue weighted by atomic mass is 79.9. The van der Waals surface area contributed by atoms with Crippen molar-refractivity contribution < 1.29 is 9.53 Å². The molecule has 1 atom stereocenters. The molecule has 0 aromatic carbocycles. The zero-order valence-electron chi connectivity index (χ0n) is 11.1. The maximum atomic E-state index is 12.2. The maximum Gasteiger partial charge on any atom is 0.344 e. The van der Waals surface area contributed by atoms with Gasteiger partial charge in [0.1, 0.15) is 11.7 Å². The number of pyridine rings is 1. The third kappa shape index (κ3) is 2.78. The monoisotopic (exact) mass is 346 g/mol. The van der Waals surface area contributed by atoms with Crippen LogP contribution >= 0.6 is 15.9 Å². The van der Waals surface area contributed by atoms with Gasteiger partial charge in [-0.25, -0.2) is 14.3 Å². The van der Waals surface area contributed by atoms with Crippen molar-refractivity contribution in [3.63, 3.8) is 0 Å². The zero-order chi connectivity index (χ0) is 14.8. The Morgan fingerprint density at radius 1 is 1.33 bits per heavy atom. The first-order valence-electron chi connectivity index (χ1n) is 6.26. The average molecular weight is 347 g/mol. The van der Waals surface area contributed by atoms with Gasteiger partial charge in [-0.2, -0.15) is 5.10 Å². The SMILES string of the molecule is C[C@H](OC(=O)c1cnn2cc(Br)cnc12)c1ccccn1. The molecular formula is C14H11BrN4O2. The first-order chi connectivity index (χ1) is 10.1. The van der Waals surface area contributed by atoms with Crippen LogP contribution in [-0.2, 0) is 4.74 Å². The van der Waals surface area contributed by atoms with Gasteiger partial charge in [-0.15, -0.1) is 0 Å². The minimum absolute atomic E-state index is 0.324. The number of hydrogen-bond donors (Lipinski definition) is 0. The van der Waals surface area contributed by atoms with Crippen molar-refractivity contribution in [3.8, 4) is 0 Å². The van der Waals surface area contributed by atoms with E-state index in [2.05, 4.69) is 31.0 Å². The summed E-state index contributed by atoms with van der Waals surface area (Å²) in [6.45, 7) is 1.77. The summed E-state index contributed by atoms with van der Waals surface area (Å²) >= 11 is 3.30. The molecule has 21 heavy (non-hydrogen) atoms. The minimum Gasteiger partial charge on any atom is -0.452 e. The Balaban J connectivity index is 1.84. The summed E-state index contributed by atoms with van der Waals surface area (Å²) in [5.74, 6) is -0.474. The molecule has 0 fully saturated rings. The number of nitrogens with zero attached hydrogens (tertiary/aromatic N) is 4. The second-order valence-corrected chi connectivity index (χ2v) is 5.32. The predicted octanol–water partition coefficient (Wildman–Crippen LogP) is 2.80. The van der Waals surface area contributed by atoms with Crippen molar-refractivity contribution in [2.24, 2.45) is 0 Å². The molecule has 0 saturated carbocycles. The van der Waals surface area contributed by atoms with Gasteiger partial charge in [-0.3, -0.25) is 4.98 Å². The molecule has 3 heterocycles. The fourth-order valence-corrected chi connectivity index (χ4v) is 2.19. The number of hydrogen-bond acceptors (Lipinski definition) is 5. The Morgan fingerprint density at radius 2 is 2.19 bits per heavy atom. The van der Waals surface area contributed by atoms with Crippen LogP contribution in [0.2, 0.25) is 0 Å². The second-order valence-electron chi connectivity index (χ2n) is 4.40. The fourth-order valence-electron chi connectivity index (χ4n) is 1.90. The first kappa shape index (κ1) is 13.7. The Bertz CT molecular complexity index is 788. The summed E-state index contributed by atoms with van der Waals surface area (Å²) in [5.41, 5.74) is 1.47. The number of fused-ring (bicyclic) bond motifs is 1. The number of esters is 1. The lowest BCUT2D eigenvalue weighted by molar-refractivity contribution is 0.0331. The highest BCUT2D eigenvalue weighted by Gasteiger charge is 2.19. The lowest BCUT2D eigenvalue weighted by atomic mass is 10.2. The molecule has 0 N–H and O–H groups in total. The number of ether oxygens (including phenoxy) is 1. The number of carbonyl (C=O) groups excluding carboxylic acids is 1. The van der Waals surface area contributed by atoms with Gasteiger partial charge >= 0.3 is 5.97 Å². The van der Waals surface area contributed by atoms with E-state index in [-0.39, 0.29) is 0 Å². The molecular weight excluding hydrogens is 336 g/mol. The van der Waals surface area contributed by atoms with Gasteiger partial charge in [0.05, 0.1) is 16.4 Å². The third-order valence-electron chi connectivity index (χ3n) is 2.93. The molecule has 3 aromatic rings. The van der Waals surface area contributed by atoms with E-state index in [9.17, 15) is 4.79 Å². The fraction of sp³-hybridized carbons (Fsp3) is 0.143. The van der Waals surface area contributed by atoms with Crippen molar-refractivity contribution in [1.82, 2.24) is 19.6 Å². The molecule has 3 aromatic heterocycles. The molecule has 0 aliphatic carbocycles. The summed E-state index contributed by atoms with van der Waals surface area (Å²) in [6.07, 6.45) is 6.00. The van der Waals surface area contributed by atoms with E-state index in [1.165, 1.54) is 10.7 Å². The van der Waals surface area contributed by atoms with Crippen LogP contribution < -0.4 is 0 Å². The largest absolute Gasteiger partial charge is 0.452 e. The second kappa shape index (κ2) is 5.61. The lowest BCUT2D eigenvalue weighted by Gasteiger charge is -2.11. The molecule has 0 amide bonds. The lowest BCUT2D eigenvalue weighted by Crippen LogP contribution is -2.10. The molecule has 7 heteroatoms. The van der Waals surface area contributed by atoms with E-state index >= 15 is 0 Å². The standard InChI is InChI=1S/C14H11BrN4O2/c1-9(12-4-2-3-5-16-12)21-14(20)11-7-18-19-8-10(15)6-17-13(11)19/h2-9H,1H3/t9-/m0/s1. The Labute approximate surface area is 128 Å². The van der Waals surface area contributed by atoms with Gasteiger partial charge in [0, 0.05) is 18.6 Å². The van der Waals surface area contributed by atoms with Crippen LogP contribution in [0.4, 0.5) is 0 Å². The topological polar surface area (TPSA) is 69.4 Å². The van der Waals surface area contributed by atoms with Crippen molar-refractivity contribution in [2.45, 2.75) is 13.0 Å². The first-order valence-corrected chi connectivity index (χ1v) is 7.05. The van der Waals surface area contributed by atoms with Gasteiger partial charge in [-0.1, -0.05) is 6.07 Å². The van der Waals surface area contributed by atoms with Gasteiger partial charge in [0.15, 0.2) is 5.65 Å². The zero-order valence-corrected chi connectivity index (χ0v) is 12.7. The summed E-state index contributed by atoms with van der Waals surface area (Å²) in [6, 6.07) is 5.47. The number of carbonyl (C=O) groups is 1. The summed E-state index contributed by atoms with van der Waals surface area (Å²) in [4.78, 5) is 20.6. The number of halogens is 1. The Hall–Kier alpha value is -2.28. The molecule has 106 valence electrons. The van der Waals surface area contributed by atoms with Crippen LogP contribution in [0, 0.1) is 0 Å². The molecule has 0 aliphatic rings. The van der Waals surface area contributed by atoms with Crippen LogP contribution in [0.25, 0.3) is 5.65 Å². The van der Waals surface area contributed by atoms with Crippen LogP contribution in [0.5, 0.6) is 0 Å². The molecule has 3 rings (SSSR count). The molecule has 0 saturated heterocycles. The average Bonchev–Trinajstić information content (AvgIpc) is 2.91. The minimum atomic E-state index is -0.474. The van der Waals surface area contributed by atoms with Crippen LogP contribution in [-0.4, -0.2) is 25.6 Å². The van der Waals surface area contributed by atoms with Crippen molar-refractivity contribution >= 4 is 27.5 Å². The number of aromatic nitrogens is 4. The molecule has 0 aliphatic heterocycles. The van der Waals surface area contributed by atoms with Gasteiger partial charge in [-0.05, 0) is 35.0 Å². The van der Waals surface area contributed by atoms with Crippen LogP contribution in [0.15, 0.2) is 47.5 Å². The molecule has 6 nitrogen and oxygen atoms in total. The Morgan fingerprint density at radius 3 is 2.95 bits per heavy atom. The van der Waals surface area contributed by atoms with Gasteiger partial charge in [0.2, 0.25) is 0 Å². The van der Waals surface area contributed by atoms with E-state index in [0.29, 0.717) is 16.9 Å². The quantitative estimate of drug-likeness (QED) is 0.682. The smallest absolute Gasteiger partial charge is 0.344 e. The van der Waals surface area contributed by atoms with Gasteiger partial charge in [0.25, 0.3) is 0 Å². The maximum absolute atomic E-state index is 12.2. The van der Waals surface area contributed by atoms with Crippen molar-refractivity contribution in [3.05, 3.63) is 58.7 Å². The van der Waals surface area contributed by atoms with Crippen LogP contribution in [0.1, 0.15) is 29.1 Å². The van der Waals surface area contributed by atoms with Gasteiger partial charge < -0.3 is 4.74 Å². The van der Waals surface area contributed by atoms with E-state index in [1.807, 2.05) is 18.2 Å². The Kier molecular flexibility index (Phi) is 3.66. The molecule has 0 spiro atoms. The predicted molar refractivity (Wildman–Crippen MR) is 78.8 cm³/mol. The summed E-state index contributed by atoms with van der Waals surface area (Å²) in [7, 11) is 0. The summed E-state index contributed by atoms with van der Waals surface area (Å²) in [5, 5.41) is 4.09.